The summed E-state index contributed by atoms with van der Waals surface area (Å²) >= 11 is 3.85. The van der Waals surface area contributed by atoms with Crippen LogP contribution in [0.15, 0.2) is 23.2 Å². The van der Waals surface area contributed by atoms with Crippen molar-refractivity contribution in [2.24, 2.45) is 5.73 Å². The largest absolute Gasteiger partial charge is 0.462 e. The van der Waals surface area contributed by atoms with Crippen LogP contribution in [-0.4, -0.2) is 44.9 Å². The van der Waals surface area contributed by atoms with Crippen molar-refractivity contribution in [1.82, 2.24) is 14.8 Å². The Hall–Kier alpha value is -2.96. The molecule has 0 aromatic carbocycles. The molecule has 0 atom stereocenters. The Morgan fingerprint density at radius 3 is 2.66 bits per heavy atom. The van der Waals surface area contributed by atoms with E-state index >= 15 is 0 Å². The van der Waals surface area contributed by atoms with Gasteiger partial charge in [0.15, 0.2) is 11.0 Å². The Morgan fingerprint density at radius 1 is 1.29 bits per heavy atom. The molecule has 0 fully saturated rings. The predicted molar refractivity (Wildman–Crippen MR) is 141 cm³/mol. The van der Waals surface area contributed by atoms with Crippen molar-refractivity contribution >= 4 is 57.2 Å². The van der Waals surface area contributed by atoms with Gasteiger partial charge in [-0.25, -0.2) is 4.79 Å². The Kier molecular flexibility index (Phi) is 8.87. The van der Waals surface area contributed by atoms with Gasteiger partial charge in [0.05, 0.1) is 22.8 Å². The monoisotopic (exact) mass is 533 g/mol. The zero-order valence-electron chi connectivity index (χ0n) is 20.0. The average Bonchev–Trinajstić information content (AvgIpc) is 3.47. The fourth-order valence-corrected chi connectivity index (χ4v) is 6.32. The first-order valence-corrected chi connectivity index (χ1v) is 13.6. The molecule has 0 aliphatic heterocycles. The molecule has 0 aliphatic rings. The molecule has 12 heteroatoms. The molecule has 0 saturated heterocycles. The van der Waals surface area contributed by atoms with Crippen molar-refractivity contribution in [3.8, 4) is 11.4 Å². The second-order valence-electron chi connectivity index (χ2n) is 7.43. The number of esters is 1. The highest BCUT2D eigenvalue weighted by molar-refractivity contribution is 7.99. The number of rotatable bonds is 11. The summed E-state index contributed by atoms with van der Waals surface area (Å²) in [5.74, 6) is -0.909. The molecule has 3 aromatic rings. The second-order valence-corrected chi connectivity index (χ2v) is 10.5. The molecule has 0 aliphatic carbocycles. The van der Waals surface area contributed by atoms with Gasteiger partial charge < -0.3 is 15.8 Å². The lowest BCUT2D eigenvalue weighted by Gasteiger charge is -2.09. The third-order valence-corrected chi connectivity index (χ3v) is 8.30. The standard InChI is InChI=1S/C23H27N5O4S3/c1-6-9-28-20(15-10-33-13(5)14(15)7-2)26-27-23(28)34-11-16(29)25-21-17(22(31)32-8-3)12(4)18(35-21)19(24)30/h6,10H,1,7-9,11H2,2-5H3,(H2,24,30)(H,25,29). The summed E-state index contributed by atoms with van der Waals surface area (Å²) in [5.41, 5.74) is 8.22. The molecular formula is C23H27N5O4S3. The van der Waals surface area contributed by atoms with Gasteiger partial charge in [-0.2, -0.15) is 0 Å². The fourth-order valence-electron chi connectivity index (χ4n) is 3.57. The van der Waals surface area contributed by atoms with E-state index in [4.69, 9.17) is 10.5 Å². The average molecular weight is 534 g/mol. The van der Waals surface area contributed by atoms with Crippen molar-refractivity contribution in [2.45, 2.75) is 45.8 Å². The van der Waals surface area contributed by atoms with E-state index < -0.39 is 11.9 Å². The SMILES string of the molecule is C=CCn1c(SCC(=O)Nc2sc(C(N)=O)c(C)c2C(=O)OCC)nnc1-c1csc(C)c1CC. The number of nitrogens with zero attached hydrogens (tertiary/aromatic N) is 3. The first-order valence-electron chi connectivity index (χ1n) is 10.9. The molecule has 0 saturated carbocycles. The lowest BCUT2D eigenvalue weighted by Crippen LogP contribution is -2.17. The maximum atomic E-state index is 12.8. The third-order valence-electron chi connectivity index (χ3n) is 5.16. The number of carbonyl (C=O) groups is 3. The molecule has 0 unspecified atom stereocenters. The van der Waals surface area contributed by atoms with E-state index in [9.17, 15) is 14.4 Å². The molecular weight excluding hydrogens is 506 g/mol. The predicted octanol–water partition coefficient (Wildman–Crippen LogP) is 4.44. The van der Waals surface area contributed by atoms with Gasteiger partial charge in [-0.1, -0.05) is 24.8 Å². The second kappa shape index (κ2) is 11.6. The number of anilines is 1. The molecule has 35 heavy (non-hydrogen) atoms. The zero-order chi connectivity index (χ0) is 25.7. The van der Waals surface area contributed by atoms with Crippen LogP contribution in [0.25, 0.3) is 11.4 Å². The van der Waals surface area contributed by atoms with Crippen molar-refractivity contribution in [3.05, 3.63) is 44.5 Å². The number of aromatic nitrogens is 3. The molecule has 0 spiro atoms. The maximum Gasteiger partial charge on any atom is 0.341 e. The summed E-state index contributed by atoms with van der Waals surface area (Å²) in [7, 11) is 0. The first-order chi connectivity index (χ1) is 16.7. The molecule has 0 radical (unpaired) electrons. The van der Waals surface area contributed by atoms with Crippen LogP contribution in [-0.2, 0) is 22.5 Å². The Bertz CT molecular complexity index is 1270. The third kappa shape index (κ3) is 5.65. The number of carbonyl (C=O) groups excluding carboxylic acids is 3. The number of thioether (sulfide) groups is 1. The fraction of sp³-hybridized carbons (Fsp3) is 0.348. The number of hydrogen-bond acceptors (Lipinski definition) is 9. The highest BCUT2D eigenvalue weighted by atomic mass is 32.2. The van der Waals surface area contributed by atoms with Gasteiger partial charge in [0.2, 0.25) is 5.91 Å². The number of nitrogens with two attached hydrogens (primary N) is 1. The van der Waals surface area contributed by atoms with Crippen molar-refractivity contribution in [2.75, 3.05) is 17.7 Å². The topological polar surface area (TPSA) is 129 Å². The molecule has 3 rings (SSSR count). The van der Waals surface area contributed by atoms with Gasteiger partial charge >= 0.3 is 5.97 Å². The van der Waals surface area contributed by atoms with Gasteiger partial charge in [0.1, 0.15) is 5.00 Å². The number of allylic oxidation sites excluding steroid dienone is 1. The van der Waals surface area contributed by atoms with Crippen LogP contribution < -0.4 is 11.1 Å². The minimum absolute atomic E-state index is 0.0176. The number of amides is 2. The summed E-state index contributed by atoms with van der Waals surface area (Å²) in [5, 5.41) is 14.3. The number of thiophene rings is 2. The number of hydrogen-bond donors (Lipinski definition) is 2. The minimum atomic E-state index is -0.673. The zero-order valence-corrected chi connectivity index (χ0v) is 22.4. The lowest BCUT2D eigenvalue weighted by molar-refractivity contribution is -0.113. The molecule has 0 bridgehead atoms. The van der Waals surface area contributed by atoms with Crippen molar-refractivity contribution < 1.29 is 19.1 Å². The van der Waals surface area contributed by atoms with Gasteiger partial charge in [-0.05, 0) is 38.3 Å². The van der Waals surface area contributed by atoms with Gasteiger partial charge in [-0.3, -0.25) is 14.2 Å². The van der Waals surface area contributed by atoms with Crippen LogP contribution in [0.1, 0.15) is 49.9 Å². The molecule has 3 aromatic heterocycles. The van der Waals surface area contributed by atoms with Crippen LogP contribution in [0, 0.1) is 13.8 Å². The molecule has 3 heterocycles. The van der Waals surface area contributed by atoms with E-state index in [-0.39, 0.29) is 33.7 Å². The van der Waals surface area contributed by atoms with Gasteiger partial charge in [0, 0.05) is 22.4 Å². The van der Waals surface area contributed by atoms with E-state index in [1.54, 1.807) is 31.3 Å². The van der Waals surface area contributed by atoms with E-state index in [1.807, 2.05) is 4.57 Å². The summed E-state index contributed by atoms with van der Waals surface area (Å²) in [6.07, 6.45) is 2.64. The summed E-state index contributed by atoms with van der Waals surface area (Å²) in [6, 6.07) is 0. The van der Waals surface area contributed by atoms with E-state index in [1.165, 1.54) is 22.2 Å². The number of aryl methyl sites for hydroxylation is 1. The summed E-state index contributed by atoms with van der Waals surface area (Å²) in [6.45, 7) is 12.0. The molecule has 2 amide bonds. The van der Waals surface area contributed by atoms with E-state index in [0.717, 1.165) is 29.1 Å². The van der Waals surface area contributed by atoms with Gasteiger partial charge in [0.25, 0.3) is 5.91 Å². The normalized spacial score (nSPS) is 10.9. The van der Waals surface area contributed by atoms with E-state index in [0.29, 0.717) is 17.3 Å². The molecule has 186 valence electrons. The van der Waals surface area contributed by atoms with E-state index in [2.05, 4.69) is 41.3 Å². The maximum absolute atomic E-state index is 12.8. The van der Waals surface area contributed by atoms with Crippen LogP contribution in [0.4, 0.5) is 5.00 Å². The highest BCUT2D eigenvalue weighted by Gasteiger charge is 2.26. The van der Waals surface area contributed by atoms with Gasteiger partial charge in [-0.15, -0.1) is 39.4 Å². The number of primary amides is 1. The summed E-state index contributed by atoms with van der Waals surface area (Å²) in [4.78, 5) is 38.4. The smallest absolute Gasteiger partial charge is 0.341 e. The molecule has 3 N–H and O–H groups in total. The Labute approximate surface area is 215 Å². The van der Waals surface area contributed by atoms with Crippen LogP contribution in [0.5, 0.6) is 0 Å². The van der Waals surface area contributed by atoms with Crippen LogP contribution >= 0.6 is 34.4 Å². The van der Waals surface area contributed by atoms with Crippen molar-refractivity contribution in [3.63, 3.8) is 0 Å². The summed E-state index contributed by atoms with van der Waals surface area (Å²) < 4.78 is 7.02. The van der Waals surface area contributed by atoms with Crippen LogP contribution in [0.2, 0.25) is 0 Å². The number of ether oxygens (including phenoxy) is 1. The Morgan fingerprint density at radius 2 is 2.03 bits per heavy atom. The first kappa shape index (κ1) is 26.6. The minimum Gasteiger partial charge on any atom is -0.462 e. The lowest BCUT2D eigenvalue weighted by atomic mass is 10.1. The Balaban J connectivity index is 1.81. The number of nitrogens with one attached hydrogen (secondary N) is 1. The molecule has 9 nitrogen and oxygen atoms in total. The van der Waals surface area contributed by atoms with Crippen molar-refractivity contribution in [1.29, 1.82) is 0 Å². The quantitative estimate of drug-likeness (QED) is 0.212. The van der Waals surface area contributed by atoms with Crippen LogP contribution in [0.3, 0.4) is 0 Å². The highest BCUT2D eigenvalue weighted by Crippen LogP contribution is 2.35.